The number of anilines is 2. The van der Waals surface area contributed by atoms with Crippen LogP contribution in [0.1, 0.15) is 6.42 Å². The molecule has 27 heavy (non-hydrogen) atoms. The molecular formula is C18H14F4N2O3. The summed E-state index contributed by atoms with van der Waals surface area (Å²) in [6.45, 7) is -3.15. The molecule has 1 fully saturated rings. The molecule has 0 aliphatic carbocycles. The van der Waals surface area contributed by atoms with Crippen LogP contribution >= 0.6 is 0 Å². The molecule has 0 saturated carbocycles. The van der Waals surface area contributed by atoms with Gasteiger partial charge in [-0.1, -0.05) is 12.1 Å². The largest absolute Gasteiger partial charge is 0.433 e. The molecular weight excluding hydrogens is 368 g/mol. The number of ether oxygens (including phenoxy) is 1. The van der Waals surface area contributed by atoms with E-state index in [0.29, 0.717) is 6.07 Å². The zero-order valence-electron chi connectivity index (χ0n) is 13.8. The Morgan fingerprint density at radius 3 is 2.48 bits per heavy atom. The molecule has 0 radical (unpaired) electrons. The van der Waals surface area contributed by atoms with Gasteiger partial charge in [0.15, 0.2) is 0 Å². The number of amides is 2. The van der Waals surface area contributed by atoms with Crippen LogP contribution in [0.3, 0.4) is 0 Å². The second-order valence-electron chi connectivity index (χ2n) is 5.90. The maximum absolute atomic E-state index is 13.4. The van der Waals surface area contributed by atoms with E-state index in [9.17, 15) is 27.2 Å². The first kappa shape index (κ1) is 18.7. The Bertz CT molecular complexity index is 855. The molecule has 3 rings (SSSR count). The van der Waals surface area contributed by atoms with Crippen molar-refractivity contribution in [3.8, 4) is 5.75 Å². The summed E-state index contributed by atoms with van der Waals surface area (Å²) >= 11 is 0. The van der Waals surface area contributed by atoms with Crippen molar-refractivity contribution in [1.82, 2.24) is 0 Å². The van der Waals surface area contributed by atoms with Crippen LogP contribution < -0.4 is 15.0 Å². The minimum absolute atomic E-state index is 0.00855. The van der Waals surface area contributed by atoms with Crippen LogP contribution in [-0.2, 0) is 9.59 Å². The van der Waals surface area contributed by atoms with Crippen molar-refractivity contribution in [2.24, 2.45) is 5.92 Å². The monoisotopic (exact) mass is 382 g/mol. The van der Waals surface area contributed by atoms with E-state index in [0.717, 1.165) is 17.0 Å². The van der Waals surface area contributed by atoms with E-state index in [1.165, 1.54) is 24.3 Å². The number of hydrogen-bond acceptors (Lipinski definition) is 3. The number of rotatable bonds is 5. The van der Waals surface area contributed by atoms with Crippen LogP contribution in [0, 0.1) is 17.6 Å². The number of para-hydroxylation sites is 2. The standard InChI is InChI=1S/C18H14F4N2O3/c19-11-6-12(20)8-13(7-11)24-9-10(5-16(24)25)17(26)23-14-3-1-2-4-15(14)27-18(21)22/h1-4,6-8,10,18H,5,9H2,(H,23,26). The minimum atomic E-state index is -3.06. The summed E-state index contributed by atoms with van der Waals surface area (Å²) < 4.78 is 56.0. The summed E-state index contributed by atoms with van der Waals surface area (Å²) in [7, 11) is 0. The molecule has 0 bridgehead atoms. The molecule has 2 aromatic rings. The summed E-state index contributed by atoms with van der Waals surface area (Å²) in [6, 6.07) is 8.30. The number of alkyl halides is 2. The number of carbonyl (C=O) groups excluding carboxylic acids is 2. The van der Waals surface area contributed by atoms with Crippen molar-refractivity contribution < 1.29 is 31.9 Å². The van der Waals surface area contributed by atoms with Crippen LogP contribution in [0.4, 0.5) is 28.9 Å². The Morgan fingerprint density at radius 1 is 1.15 bits per heavy atom. The summed E-state index contributed by atoms with van der Waals surface area (Å²) in [5, 5.41) is 2.45. The van der Waals surface area contributed by atoms with Gasteiger partial charge < -0.3 is 15.0 Å². The first-order chi connectivity index (χ1) is 12.8. The van der Waals surface area contributed by atoms with Gasteiger partial charge in [-0.25, -0.2) is 8.78 Å². The van der Waals surface area contributed by atoms with E-state index in [1.807, 2.05) is 0 Å². The van der Waals surface area contributed by atoms with Gasteiger partial charge in [0.05, 0.1) is 11.6 Å². The van der Waals surface area contributed by atoms with Crippen molar-refractivity contribution >= 4 is 23.2 Å². The highest BCUT2D eigenvalue weighted by Gasteiger charge is 2.35. The summed E-state index contributed by atoms with van der Waals surface area (Å²) in [5.74, 6) is -3.78. The molecule has 2 aromatic carbocycles. The molecule has 5 nitrogen and oxygen atoms in total. The van der Waals surface area contributed by atoms with Crippen LogP contribution in [-0.4, -0.2) is 25.0 Å². The van der Waals surface area contributed by atoms with E-state index in [2.05, 4.69) is 10.1 Å². The highest BCUT2D eigenvalue weighted by Crippen LogP contribution is 2.30. The van der Waals surface area contributed by atoms with Gasteiger partial charge in [0.25, 0.3) is 0 Å². The van der Waals surface area contributed by atoms with Crippen LogP contribution in [0.5, 0.6) is 5.75 Å². The van der Waals surface area contributed by atoms with Crippen molar-refractivity contribution in [3.05, 3.63) is 54.1 Å². The Kier molecular flexibility index (Phi) is 5.29. The third-order valence-corrected chi connectivity index (χ3v) is 4.02. The predicted molar refractivity (Wildman–Crippen MR) is 88.5 cm³/mol. The molecule has 1 unspecified atom stereocenters. The molecule has 0 aromatic heterocycles. The highest BCUT2D eigenvalue weighted by molar-refractivity contribution is 6.03. The van der Waals surface area contributed by atoms with Crippen molar-refractivity contribution in [2.45, 2.75) is 13.0 Å². The van der Waals surface area contributed by atoms with E-state index in [4.69, 9.17) is 0 Å². The van der Waals surface area contributed by atoms with Crippen molar-refractivity contribution in [1.29, 1.82) is 0 Å². The molecule has 2 amide bonds. The quantitative estimate of drug-likeness (QED) is 0.805. The number of halogens is 4. The lowest BCUT2D eigenvalue weighted by Crippen LogP contribution is -2.28. The maximum Gasteiger partial charge on any atom is 0.387 e. The molecule has 1 heterocycles. The highest BCUT2D eigenvalue weighted by atomic mass is 19.3. The van der Waals surface area contributed by atoms with Gasteiger partial charge in [0.1, 0.15) is 17.4 Å². The van der Waals surface area contributed by atoms with Gasteiger partial charge in [-0.3, -0.25) is 9.59 Å². The summed E-state index contributed by atoms with van der Waals surface area (Å²) in [5.41, 5.74) is 0.0414. The van der Waals surface area contributed by atoms with Gasteiger partial charge in [-0.15, -0.1) is 0 Å². The minimum Gasteiger partial charge on any atom is -0.433 e. The fourth-order valence-corrected chi connectivity index (χ4v) is 2.83. The van der Waals surface area contributed by atoms with Gasteiger partial charge in [-0.05, 0) is 24.3 Å². The Balaban J connectivity index is 1.73. The Hall–Kier alpha value is -3.10. The fraction of sp³-hybridized carbons (Fsp3) is 0.222. The third kappa shape index (κ3) is 4.36. The molecule has 1 aliphatic rings. The Labute approximate surface area is 151 Å². The van der Waals surface area contributed by atoms with Crippen molar-refractivity contribution in [3.63, 3.8) is 0 Å². The topological polar surface area (TPSA) is 58.6 Å². The van der Waals surface area contributed by atoms with E-state index < -0.39 is 36.0 Å². The third-order valence-electron chi connectivity index (χ3n) is 4.02. The molecule has 0 spiro atoms. The van der Waals surface area contributed by atoms with Gasteiger partial charge in [-0.2, -0.15) is 8.78 Å². The molecule has 1 atom stereocenters. The van der Waals surface area contributed by atoms with Crippen molar-refractivity contribution in [2.75, 3.05) is 16.8 Å². The molecule has 1 aliphatic heterocycles. The van der Waals surface area contributed by atoms with Gasteiger partial charge in [0.2, 0.25) is 11.8 Å². The lowest BCUT2D eigenvalue weighted by molar-refractivity contribution is -0.122. The van der Waals surface area contributed by atoms with E-state index >= 15 is 0 Å². The number of carbonyl (C=O) groups is 2. The number of nitrogens with one attached hydrogen (secondary N) is 1. The number of benzene rings is 2. The molecule has 142 valence electrons. The summed E-state index contributed by atoms with van der Waals surface area (Å²) in [4.78, 5) is 25.7. The number of hydrogen-bond donors (Lipinski definition) is 1. The maximum atomic E-state index is 13.4. The summed E-state index contributed by atoms with van der Waals surface area (Å²) in [6.07, 6.45) is -0.179. The first-order valence-corrected chi connectivity index (χ1v) is 7.94. The molecule has 9 heteroatoms. The molecule has 1 N–H and O–H groups in total. The van der Waals surface area contributed by atoms with Crippen LogP contribution in [0.15, 0.2) is 42.5 Å². The average molecular weight is 382 g/mol. The SMILES string of the molecule is O=C(Nc1ccccc1OC(F)F)C1CC(=O)N(c2cc(F)cc(F)c2)C1. The van der Waals surface area contributed by atoms with E-state index in [1.54, 1.807) is 0 Å². The van der Waals surface area contributed by atoms with Crippen LogP contribution in [0.2, 0.25) is 0 Å². The Morgan fingerprint density at radius 2 is 1.81 bits per heavy atom. The van der Waals surface area contributed by atoms with Gasteiger partial charge >= 0.3 is 6.61 Å². The van der Waals surface area contributed by atoms with Crippen LogP contribution in [0.25, 0.3) is 0 Å². The zero-order valence-corrected chi connectivity index (χ0v) is 13.8. The zero-order chi connectivity index (χ0) is 19.6. The predicted octanol–water partition coefficient (Wildman–Crippen LogP) is 3.56. The first-order valence-electron chi connectivity index (χ1n) is 7.94. The lowest BCUT2D eigenvalue weighted by Gasteiger charge is -2.17. The fourth-order valence-electron chi connectivity index (χ4n) is 2.83. The smallest absolute Gasteiger partial charge is 0.387 e. The average Bonchev–Trinajstić information content (AvgIpc) is 2.97. The molecule has 1 saturated heterocycles. The van der Waals surface area contributed by atoms with E-state index in [-0.39, 0.29) is 30.1 Å². The second-order valence-corrected chi connectivity index (χ2v) is 5.90. The number of nitrogens with zero attached hydrogens (tertiary/aromatic N) is 1. The van der Waals surface area contributed by atoms with Gasteiger partial charge in [0, 0.05) is 24.7 Å². The second kappa shape index (κ2) is 7.65. The normalized spacial score (nSPS) is 16.7. The lowest BCUT2D eigenvalue weighted by atomic mass is 10.1.